The number of rotatable bonds is 3. The lowest BCUT2D eigenvalue weighted by atomic mass is 9.99. The lowest BCUT2D eigenvalue weighted by molar-refractivity contribution is 0.0965. The fraction of sp³-hybridized carbons (Fsp3) is 0.304. The number of amides is 1. The smallest absolute Gasteiger partial charge is 0.253 e. The van der Waals surface area contributed by atoms with E-state index in [0.717, 1.165) is 59.1 Å². The van der Waals surface area contributed by atoms with Crippen molar-refractivity contribution in [2.24, 2.45) is 0 Å². The molecule has 7 heteroatoms. The third kappa shape index (κ3) is 3.07. The fourth-order valence-corrected chi connectivity index (χ4v) is 4.26. The van der Waals surface area contributed by atoms with Gasteiger partial charge in [-0.3, -0.25) is 9.78 Å². The van der Waals surface area contributed by atoms with Crippen molar-refractivity contribution in [2.45, 2.75) is 33.4 Å². The van der Waals surface area contributed by atoms with E-state index in [1.807, 2.05) is 38.2 Å². The van der Waals surface area contributed by atoms with E-state index in [0.29, 0.717) is 18.0 Å². The predicted octanol–water partition coefficient (Wildman–Crippen LogP) is 2.97. The van der Waals surface area contributed by atoms with Gasteiger partial charge in [-0.05, 0) is 43.2 Å². The number of ether oxygens (including phenoxy) is 1. The van der Waals surface area contributed by atoms with Crippen molar-refractivity contribution in [3.63, 3.8) is 0 Å². The van der Waals surface area contributed by atoms with Crippen LogP contribution in [0.1, 0.15) is 38.6 Å². The summed E-state index contributed by atoms with van der Waals surface area (Å²) in [5.74, 6) is 1.52. The van der Waals surface area contributed by atoms with Crippen molar-refractivity contribution in [1.29, 1.82) is 0 Å². The van der Waals surface area contributed by atoms with Gasteiger partial charge in [0.1, 0.15) is 5.82 Å². The van der Waals surface area contributed by atoms with Gasteiger partial charge in [-0.2, -0.15) is 0 Å². The molecule has 2 aliphatic heterocycles. The van der Waals surface area contributed by atoms with Crippen LogP contribution in [0.3, 0.4) is 0 Å². The van der Waals surface area contributed by atoms with Crippen LogP contribution >= 0.6 is 0 Å². The average Bonchev–Trinajstić information content (AvgIpc) is 3.12. The Labute approximate surface area is 175 Å². The first-order chi connectivity index (χ1) is 14.5. The highest BCUT2D eigenvalue weighted by molar-refractivity contribution is 5.98. The topological polar surface area (TPSA) is 80.2 Å². The molecule has 1 N–H and O–H groups in total. The number of pyridine rings is 3. The normalized spacial score (nSPS) is 14.9. The minimum atomic E-state index is -0.0338. The first-order valence-electron chi connectivity index (χ1n) is 10.1. The molecule has 0 aromatic carbocycles. The molecule has 3 aromatic heterocycles. The molecular formula is C23H23N5O2. The first kappa shape index (κ1) is 18.5. The third-order valence-corrected chi connectivity index (χ3v) is 5.85. The summed E-state index contributed by atoms with van der Waals surface area (Å²) in [5.41, 5.74) is 7.90. The molecule has 5 rings (SSSR count). The number of methoxy groups -OCH3 is 1. The minimum absolute atomic E-state index is 0.0338. The zero-order valence-electron chi connectivity index (χ0n) is 17.3. The molecule has 0 bridgehead atoms. The lowest BCUT2D eigenvalue weighted by Gasteiger charge is -2.31. The molecule has 0 aliphatic carbocycles. The molecule has 0 fully saturated rings. The molecule has 3 aromatic rings. The van der Waals surface area contributed by atoms with Gasteiger partial charge >= 0.3 is 0 Å². The summed E-state index contributed by atoms with van der Waals surface area (Å²) in [6.07, 6.45) is 2.80. The van der Waals surface area contributed by atoms with Crippen molar-refractivity contribution >= 4 is 11.7 Å². The molecule has 0 atom stereocenters. The van der Waals surface area contributed by atoms with Crippen LogP contribution in [0, 0.1) is 13.8 Å². The van der Waals surface area contributed by atoms with E-state index in [9.17, 15) is 4.79 Å². The second-order valence-corrected chi connectivity index (χ2v) is 7.79. The van der Waals surface area contributed by atoms with Crippen molar-refractivity contribution in [2.75, 3.05) is 18.6 Å². The number of aryl methyl sites for hydroxylation is 2. The van der Waals surface area contributed by atoms with Gasteiger partial charge in [0, 0.05) is 54.3 Å². The third-order valence-electron chi connectivity index (χ3n) is 5.85. The second kappa shape index (κ2) is 7.09. The van der Waals surface area contributed by atoms with E-state index >= 15 is 0 Å². The van der Waals surface area contributed by atoms with E-state index in [-0.39, 0.29) is 5.91 Å². The van der Waals surface area contributed by atoms with Crippen molar-refractivity contribution in [3.05, 3.63) is 64.2 Å². The molecule has 0 unspecified atom stereocenters. The van der Waals surface area contributed by atoms with E-state index in [4.69, 9.17) is 14.7 Å². The number of aromatic nitrogens is 3. The number of fused-ring (bicyclic) bond motifs is 2. The molecule has 152 valence electrons. The van der Waals surface area contributed by atoms with E-state index in [1.54, 1.807) is 7.11 Å². The second-order valence-electron chi connectivity index (χ2n) is 7.79. The Morgan fingerprint density at radius 2 is 1.97 bits per heavy atom. The zero-order chi connectivity index (χ0) is 20.8. The van der Waals surface area contributed by atoms with Gasteiger partial charge in [-0.15, -0.1) is 0 Å². The zero-order valence-corrected chi connectivity index (χ0v) is 17.3. The Hall–Kier alpha value is -3.48. The van der Waals surface area contributed by atoms with Crippen LogP contribution in [-0.2, 0) is 19.5 Å². The van der Waals surface area contributed by atoms with Gasteiger partial charge in [0.25, 0.3) is 5.91 Å². The van der Waals surface area contributed by atoms with E-state index < -0.39 is 0 Å². The first-order valence-corrected chi connectivity index (χ1v) is 10.1. The van der Waals surface area contributed by atoms with Crippen molar-refractivity contribution in [3.8, 4) is 17.0 Å². The van der Waals surface area contributed by atoms with Crippen LogP contribution < -0.4 is 15.0 Å². The number of carbonyl (C=O) groups excluding carboxylic acids is 1. The maximum Gasteiger partial charge on any atom is 0.253 e. The Bertz CT molecular complexity index is 1170. The largest absolute Gasteiger partial charge is 0.481 e. The van der Waals surface area contributed by atoms with Crippen molar-refractivity contribution in [1.82, 2.24) is 20.3 Å². The maximum absolute atomic E-state index is 11.9. The quantitative estimate of drug-likeness (QED) is 0.727. The van der Waals surface area contributed by atoms with Crippen molar-refractivity contribution < 1.29 is 9.53 Å². The molecule has 0 radical (unpaired) electrons. The molecule has 0 saturated carbocycles. The average molecular weight is 401 g/mol. The predicted molar refractivity (Wildman–Crippen MR) is 114 cm³/mol. The monoisotopic (exact) mass is 401 g/mol. The number of hydrogen-bond donors (Lipinski definition) is 1. The van der Waals surface area contributed by atoms with Crippen LogP contribution in [0.15, 0.2) is 30.5 Å². The van der Waals surface area contributed by atoms with Gasteiger partial charge in [-0.1, -0.05) is 0 Å². The van der Waals surface area contributed by atoms with Crippen LogP contribution in [0.2, 0.25) is 0 Å². The van der Waals surface area contributed by atoms with Crippen LogP contribution in [0.25, 0.3) is 11.1 Å². The molecule has 2 aliphatic rings. The minimum Gasteiger partial charge on any atom is -0.481 e. The summed E-state index contributed by atoms with van der Waals surface area (Å²) >= 11 is 0. The SMILES string of the molecule is COc1ccc(-c2cnc3c(c2)CN(c2nc4c(cc2C)C(=O)NC4)CC3)c(C)n1. The number of anilines is 1. The van der Waals surface area contributed by atoms with Gasteiger partial charge in [0.15, 0.2) is 0 Å². The summed E-state index contributed by atoms with van der Waals surface area (Å²) in [6, 6.07) is 8.07. The number of carbonyl (C=O) groups is 1. The molecule has 30 heavy (non-hydrogen) atoms. The van der Waals surface area contributed by atoms with Gasteiger partial charge in [-0.25, -0.2) is 9.97 Å². The van der Waals surface area contributed by atoms with Gasteiger partial charge in [0.05, 0.1) is 24.9 Å². The molecule has 0 saturated heterocycles. The highest BCUT2D eigenvalue weighted by Crippen LogP contribution is 2.31. The summed E-state index contributed by atoms with van der Waals surface area (Å²) in [4.78, 5) is 28.2. The Balaban J connectivity index is 1.47. The lowest BCUT2D eigenvalue weighted by Crippen LogP contribution is -2.32. The summed E-state index contributed by atoms with van der Waals surface area (Å²) in [7, 11) is 1.62. The number of hydrogen-bond acceptors (Lipinski definition) is 6. The maximum atomic E-state index is 11.9. The van der Waals surface area contributed by atoms with Crippen LogP contribution in [0.5, 0.6) is 5.88 Å². The molecule has 7 nitrogen and oxygen atoms in total. The molecule has 1 amide bonds. The van der Waals surface area contributed by atoms with Crippen LogP contribution in [-0.4, -0.2) is 34.5 Å². The highest BCUT2D eigenvalue weighted by atomic mass is 16.5. The summed E-state index contributed by atoms with van der Waals surface area (Å²) in [5, 5.41) is 2.85. The number of nitrogens with zero attached hydrogens (tertiary/aromatic N) is 4. The van der Waals surface area contributed by atoms with Crippen LogP contribution in [0.4, 0.5) is 5.82 Å². The summed E-state index contributed by atoms with van der Waals surface area (Å²) in [6.45, 7) is 6.10. The van der Waals surface area contributed by atoms with Gasteiger partial charge < -0.3 is 15.0 Å². The Morgan fingerprint density at radius 3 is 2.77 bits per heavy atom. The molecular weight excluding hydrogens is 378 g/mol. The van der Waals surface area contributed by atoms with Gasteiger partial charge in [0.2, 0.25) is 5.88 Å². The Morgan fingerprint density at radius 1 is 1.10 bits per heavy atom. The molecule has 5 heterocycles. The number of nitrogens with one attached hydrogen (secondary N) is 1. The van der Waals surface area contributed by atoms with E-state index in [2.05, 4.69) is 21.3 Å². The standard InChI is InChI=1S/C23H23N5O2/c1-13-8-18-20(11-25-23(18)29)27-22(13)28-7-6-19-16(12-28)9-15(10-24-19)17-4-5-21(30-3)26-14(17)2/h4-5,8-10H,6-7,11-12H2,1-3H3,(H,25,29). The van der Waals surface area contributed by atoms with E-state index in [1.165, 1.54) is 5.56 Å². The fourth-order valence-electron chi connectivity index (χ4n) is 4.26. The summed E-state index contributed by atoms with van der Waals surface area (Å²) < 4.78 is 5.22. The molecule has 0 spiro atoms. The highest BCUT2D eigenvalue weighted by Gasteiger charge is 2.26. The Kier molecular flexibility index (Phi) is 4.38.